The number of piperidine rings is 1. The summed E-state index contributed by atoms with van der Waals surface area (Å²) >= 11 is 0. The van der Waals surface area contributed by atoms with Gasteiger partial charge in [0, 0.05) is 19.1 Å². The molecule has 0 aromatic rings. The summed E-state index contributed by atoms with van der Waals surface area (Å²) in [4.78, 5) is 13.9. The van der Waals surface area contributed by atoms with Gasteiger partial charge < -0.3 is 15.5 Å². The van der Waals surface area contributed by atoms with Crippen molar-refractivity contribution in [2.24, 2.45) is 11.8 Å². The molecule has 1 aliphatic rings. The Hall–Kier alpha value is -0.610. The van der Waals surface area contributed by atoms with Crippen LogP contribution < -0.4 is 10.6 Å². The molecule has 1 aliphatic heterocycles. The summed E-state index contributed by atoms with van der Waals surface area (Å²) in [7, 11) is 2.15. The lowest BCUT2D eigenvalue weighted by Gasteiger charge is -2.35. The minimum atomic E-state index is 0.116. The van der Waals surface area contributed by atoms with Crippen molar-refractivity contribution in [3.05, 3.63) is 0 Å². The number of amides is 1. The molecule has 17 heavy (non-hydrogen) atoms. The monoisotopic (exact) mass is 241 g/mol. The highest BCUT2D eigenvalue weighted by Crippen LogP contribution is 2.14. The van der Waals surface area contributed by atoms with Crippen LogP contribution in [0.2, 0.25) is 0 Å². The van der Waals surface area contributed by atoms with Gasteiger partial charge in [0.05, 0.1) is 6.54 Å². The lowest BCUT2D eigenvalue weighted by molar-refractivity contribution is -0.120. The summed E-state index contributed by atoms with van der Waals surface area (Å²) in [6.07, 6.45) is 1.13. The molecule has 0 saturated carbocycles. The maximum atomic E-state index is 11.6. The van der Waals surface area contributed by atoms with Gasteiger partial charge in [0.25, 0.3) is 0 Å². The standard InChI is InChI=1S/C13H27N3O/c1-10(2)7-15-13(17)8-14-12-5-6-16(4)9-11(12)3/h10-12,14H,5-9H2,1-4H3,(H,15,17). The molecule has 1 rings (SSSR count). The van der Waals surface area contributed by atoms with Crippen LogP contribution in [-0.2, 0) is 4.79 Å². The third-order valence-corrected chi connectivity index (χ3v) is 3.34. The van der Waals surface area contributed by atoms with Crippen molar-refractivity contribution in [1.82, 2.24) is 15.5 Å². The molecule has 0 aromatic carbocycles. The predicted molar refractivity (Wildman–Crippen MR) is 70.9 cm³/mol. The molecule has 2 atom stereocenters. The second-order valence-corrected chi connectivity index (χ2v) is 5.71. The van der Waals surface area contributed by atoms with E-state index in [2.05, 4.69) is 43.4 Å². The lowest BCUT2D eigenvalue weighted by atomic mass is 9.94. The Kier molecular flexibility index (Phi) is 5.92. The number of hydrogen-bond donors (Lipinski definition) is 2. The molecule has 2 N–H and O–H groups in total. The lowest BCUT2D eigenvalue weighted by Crippen LogP contribution is -2.49. The SMILES string of the molecule is CC(C)CNC(=O)CNC1CCN(C)CC1C. The third-order valence-electron chi connectivity index (χ3n) is 3.34. The first-order valence-corrected chi connectivity index (χ1v) is 6.67. The van der Waals surface area contributed by atoms with Gasteiger partial charge in [-0.15, -0.1) is 0 Å². The molecule has 100 valence electrons. The second-order valence-electron chi connectivity index (χ2n) is 5.71. The Balaban J connectivity index is 2.19. The summed E-state index contributed by atoms with van der Waals surface area (Å²) in [5.74, 6) is 1.25. The fraction of sp³-hybridized carbons (Fsp3) is 0.923. The molecule has 2 unspecified atom stereocenters. The van der Waals surface area contributed by atoms with E-state index in [0.717, 1.165) is 26.1 Å². The third kappa shape index (κ3) is 5.50. The molecule has 1 amide bonds. The van der Waals surface area contributed by atoms with Gasteiger partial charge in [0.1, 0.15) is 0 Å². The van der Waals surface area contributed by atoms with Gasteiger partial charge in [-0.2, -0.15) is 0 Å². The smallest absolute Gasteiger partial charge is 0.233 e. The number of nitrogens with zero attached hydrogens (tertiary/aromatic N) is 1. The molecule has 0 radical (unpaired) electrons. The molecule has 0 aromatic heterocycles. The molecule has 4 heteroatoms. The number of carbonyl (C=O) groups excluding carboxylic acids is 1. The van der Waals surface area contributed by atoms with E-state index >= 15 is 0 Å². The Labute approximate surface area is 105 Å². The molecular weight excluding hydrogens is 214 g/mol. The van der Waals surface area contributed by atoms with Crippen LogP contribution in [0.5, 0.6) is 0 Å². The zero-order valence-electron chi connectivity index (χ0n) is 11.6. The van der Waals surface area contributed by atoms with Crippen molar-refractivity contribution in [3.63, 3.8) is 0 Å². The van der Waals surface area contributed by atoms with Gasteiger partial charge in [-0.3, -0.25) is 4.79 Å². The molecule has 0 spiro atoms. The Bertz CT molecular complexity index is 243. The topological polar surface area (TPSA) is 44.4 Å². The summed E-state index contributed by atoms with van der Waals surface area (Å²) in [6, 6.07) is 0.482. The van der Waals surface area contributed by atoms with Crippen LogP contribution in [0, 0.1) is 11.8 Å². The summed E-state index contributed by atoms with van der Waals surface area (Å²) in [6.45, 7) is 9.91. The van der Waals surface area contributed by atoms with Crippen LogP contribution in [0.15, 0.2) is 0 Å². The van der Waals surface area contributed by atoms with Gasteiger partial charge in [0.2, 0.25) is 5.91 Å². The van der Waals surface area contributed by atoms with E-state index in [-0.39, 0.29) is 5.91 Å². The Morgan fingerprint density at radius 2 is 2.18 bits per heavy atom. The predicted octanol–water partition coefficient (Wildman–Crippen LogP) is 0.688. The van der Waals surface area contributed by atoms with Crippen molar-refractivity contribution in [3.8, 4) is 0 Å². The molecule has 1 fully saturated rings. The maximum absolute atomic E-state index is 11.6. The molecule has 0 bridgehead atoms. The van der Waals surface area contributed by atoms with E-state index in [4.69, 9.17) is 0 Å². The van der Waals surface area contributed by atoms with Crippen molar-refractivity contribution in [2.45, 2.75) is 33.2 Å². The number of likely N-dealkylation sites (tertiary alicyclic amines) is 1. The van der Waals surface area contributed by atoms with E-state index in [1.807, 2.05) is 0 Å². The van der Waals surface area contributed by atoms with Crippen molar-refractivity contribution in [2.75, 3.05) is 33.2 Å². The molecule has 1 saturated heterocycles. The first-order chi connectivity index (χ1) is 7.99. The van der Waals surface area contributed by atoms with Gasteiger partial charge in [-0.25, -0.2) is 0 Å². The van der Waals surface area contributed by atoms with Gasteiger partial charge in [-0.1, -0.05) is 20.8 Å². The van der Waals surface area contributed by atoms with E-state index in [1.54, 1.807) is 0 Å². The van der Waals surface area contributed by atoms with E-state index < -0.39 is 0 Å². The Morgan fingerprint density at radius 1 is 1.47 bits per heavy atom. The first kappa shape index (κ1) is 14.5. The number of carbonyl (C=O) groups is 1. The van der Waals surface area contributed by atoms with E-state index in [1.165, 1.54) is 0 Å². The van der Waals surface area contributed by atoms with Crippen molar-refractivity contribution < 1.29 is 4.79 Å². The minimum absolute atomic E-state index is 0.116. The van der Waals surface area contributed by atoms with Crippen LogP contribution in [0.1, 0.15) is 27.2 Å². The quantitative estimate of drug-likeness (QED) is 0.744. The highest BCUT2D eigenvalue weighted by molar-refractivity contribution is 5.77. The van der Waals surface area contributed by atoms with Crippen LogP contribution in [0.4, 0.5) is 0 Å². The summed E-state index contributed by atoms with van der Waals surface area (Å²) in [5.41, 5.74) is 0. The highest BCUT2D eigenvalue weighted by Gasteiger charge is 2.23. The van der Waals surface area contributed by atoms with Crippen molar-refractivity contribution in [1.29, 1.82) is 0 Å². The number of rotatable bonds is 5. The van der Waals surface area contributed by atoms with Crippen LogP contribution in [0.3, 0.4) is 0 Å². The van der Waals surface area contributed by atoms with E-state index in [0.29, 0.717) is 24.4 Å². The maximum Gasteiger partial charge on any atom is 0.233 e. The fourth-order valence-corrected chi connectivity index (χ4v) is 2.26. The van der Waals surface area contributed by atoms with Gasteiger partial charge in [0.15, 0.2) is 0 Å². The molecule has 4 nitrogen and oxygen atoms in total. The molecular formula is C13H27N3O. The molecule has 0 aliphatic carbocycles. The second kappa shape index (κ2) is 6.97. The number of hydrogen-bond acceptors (Lipinski definition) is 3. The number of nitrogens with one attached hydrogen (secondary N) is 2. The minimum Gasteiger partial charge on any atom is -0.355 e. The van der Waals surface area contributed by atoms with Gasteiger partial charge >= 0.3 is 0 Å². The van der Waals surface area contributed by atoms with Crippen LogP contribution in [0.25, 0.3) is 0 Å². The summed E-state index contributed by atoms with van der Waals surface area (Å²) in [5, 5.41) is 6.31. The molecule has 1 heterocycles. The zero-order valence-corrected chi connectivity index (χ0v) is 11.6. The van der Waals surface area contributed by atoms with E-state index in [9.17, 15) is 4.79 Å². The average Bonchev–Trinajstić information content (AvgIpc) is 2.25. The highest BCUT2D eigenvalue weighted by atomic mass is 16.1. The van der Waals surface area contributed by atoms with Crippen LogP contribution >= 0.6 is 0 Å². The largest absolute Gasteiger partial charge is 0.355 e. The normalized spacial score (nSPS) is 26.2. The fourth-order valence-electron chi connectivity index (χ4n) is 2.26. The van der Waals surface area contributed by atoms with Gasteiger partial charge in [-0.05, 0) is 31.8 Å². The average molecular weight is 241 g/mol. The Morgan fingerprint density at radius 3 is 2.76 bits per heavy atom. The first-order valence-electron chi connectivity index (χ1n) is 6.67. The summed E-state index contributed by atoms with van der Waals surface area (Å²) < 4.78 is 0. The van der Waals surface area contributed by atoms with Crippen LogP contribution in [-0.4, -0.2) is 50.1 Å². The van der Waals surface area contributed by atoms with Crippen molar-refractivity contribution >= 4 is 5.91 Å². The zero-order chi connectivity index (χ0) is 12.8.